The summed E-state index contributed by atoms with van der Waals surface area (Å²) in [6, 6.07) is 0.462. The highest BCUT2D eigenvalue weighted by Gasteiger charge is 2.25. The van der Waals surface area contributed by atoms with Crippen molar-refractivity contribution in [2.75, 3.05) is 25.0 Å². The van der Waals surface area contributed by atoms with Gasteiger partial charge in [0.25, 0.3) is 0 Å². The zero-order valence-electron chi connectivity index (χ0n) is 13.6. The van der Waals surface area contributed by atoms with Crippen LogP contribution < -0.4 is 10.2 Å². The second kappa shape index (κ2) is 6.90. The van der Waals surface area contributed by atoms with Crippen molar-refractivity contribution in [3.05, 3.63) is 10.6 Å². The molecule has 2 rings (SSSR count). The molecular formula is C16H29N3S. The molecule has 1 atom stereocenters. The molecule has 0 saturated carbocycles. The van der Waals surface area contributed by atoms with Crippen molar-refractivity contribution < 1.29 is 0 Å². The summed E-state index contributed by atoms with van der Waals surface area (Å²) in [4.78, 5) is 8.99. The van der Waals surface area contributed by atoms with Gasteiger partial charge in [0.2, 0.25) is 0 Å². The number of fused-ring (bicyclic) bond motifs is 1. The van der Waals surface area contributed by atoms with Crippen LogP contribution in [0.5, 0.6) is 0 Å². The molecule has 0 saturated heterocycles. The molecule has 1 heterocycles. The Bertz CT molecular complexity index is 415. The lowest BCUT2D eigenvalue weighted by atomic mass is 9.98. The van der Waals surface area contributed by atoms with Crippen molar-refractivity contribution in [3.8, 4) is 0 Å². The molecule has 1 aromatic heterocycles. The van der Waals surface area contributed by atoms with Gasteiger partial charge in [-0.15, -0.1) is 11.3 Å². The summed E-state index contributed by atoms with van der Waals surface area (Å²) in [5.41, 5.74) is 1.32. The molecule has 0 amide bonds. The number of aryl methyl sites for hydroxylation is 1. The average molecular weight is 295 g/mol. The van der Waals surface area contributed by atoms with E-state index < -0.39 is 0 Å². The molecular weight excluding hydrogens is 266 g/mol. The van der Waals surface area contributed by atoms with Gasteiger partial charge in [-0.25, -0.2) is 4.98 Å². The Morgan fingerprint density at radius 2 is 1.90 bits per heavy atom. The number of aromatic nitrogens is 1. The lowest BCUT2D eigenvalue weighted by molar-refractivity contribution is 0.488. The van der Waals surface area contributed by atoms with E-state index in [1.807, 2.05) is 11.3 Å². The molecule has 114 valence electrons. The molecule has 1 aliphatic carbocycles. The van der Waals surface area contributed by atoms with Crippen LogP contribution in [0.15, 0.2) is 0 Å². The normalized spacial score (nSPS) is 18.6. The third kappa shape index (κ3) is 3.73. The Kier molecular flexibility index (Phi) is 5.44. The van der Waals surface area contributed by atoms with Crippen molar-refractivity contribution in [1.29, 1.82) is 0 Å². The quantitative estimate of drug-likeness (QED) is 0.864. The number of nitrogens with zero attached hydrogens (tertiary/aromatic N) is 2. The second-order valence-corrected chi connectivity index (χ2v) is 7.79. The monoisotopic (exact) mass is 295 g/mol. The van der Waals surface area contributed by atoms with Crippen LogP contribution in [0.3, 0.4) is 0 Å². The maximum absolute atomic E-state index is 4.99. The van der Waals surface area contributed by atoms with Crippen LogP contribution in [0.1, 0.15) is 57.1 Å². The van der Waals surface area contributed by atoms with Gasteiger partial charge in [-0.2, -0.15) is 0 Å². The van der Waals surface area contributed by atoms with Gasteiger partial charge in [0.15, 0.2) is 5.13 Å². The van der Waals surface area contributed by atoms with Gasteiger partial charge in [-0.05, 0) is 38.1 Å². The van der Waals surface area contributed by atoms with Gasteiger partial charge < -0.3 is 10.2 Å². The first-order valence-electron chi connectivity index (χ1n) is 7.93. The third-order valence-corrected chi connectivity index (χ3v) is 4.92. The van der Waals surface area contributed by atoms with Gasteiger partial charge in [0, 0.05) is 18.0 Å². The lowest BCUT2D eigenvalue weighted by Gasteiger charge is -2.25. The zero-order valence-corrected chi connectivity index (χ0v) is 14.4. The minimum Gasteiger partial charge on any atom is -0.348 e. The lowest BCUT2D eigenvalue weighted by Crippen LogP contribution is -2.31. The van der Waals surface area contributed by atoms with Crippen molar-refractivity contribution in [1.82, 2.24) is 10.3 Å². The molecule has 4 heteroatoms. The largest absolute Gasteiger partial charge is 0.348 e. The molecule has 0 radical (unpaired) electrons. The summed E-state index contributed by atoms with van der Waals surface area (Å²) in [5.74, 6) is 1.35. The molecule has 1 N–H and O–H groups in total. The minimum absolute atomic E-state index is 0.462. The number of thiazole rings is 1. The predicted molar refractivity (Wildman–Crippen MR) is 88.7 cm³/mol. The summed E-state index contributed by atoms with van der Waals surface area (Å²) >= 11 is 1.92. The van der Waals surface area contributed by atoms with Gasteiger partial charge in [-0.3, -0.25) is 0 Å². The van der Waals surface area contributed by atoms with Crippen LogP contribution in [0.4, 0.5) is 5.13 Å². The van der Waals surface area contributed by atoms with Gasteiger partial charge in [-0.1, -0.05) is 27.7 Å². The number of hydrogen-bond donors (Lipinski definition) is 1. The summed E-state index contributed by atoms with van der Waals surface area (Å²) < 4.78 is 0. The number of nitrogens with one attached hydrogen (secondary N) is 1. The highest BCUT2D eigenvalue weighted by molar-refractivity contribution is 7.15. The predicted octanol–water partition coefficient (Wildman–Crippen LogP) is 3.86. The Hall–Kier alpha value is -0.610. The molecule has 1 aromatic rings. The average Bonchev–Trinajstić information content (AvgIpc) is 2.80. The molecule has 1 aliphatic rings. The fraction of sp³-hybridized carbons (Fsp3) is 0.812. The minimum atomic E-state index is 0.462. The van der Waals surface area contributed by atoms with Crippen LogP contribution in [0, 0.1) is 11.8 Å². The van der Waals surface area contributed by atoms with Crippen LogP contribution in [0.25, 0.3) is 0 Å². The highest BCUT2D eigenvalue weighted by Crippen LogP contribution is 2.36. The molecule has 0 aliphatic heterocycles. The fourth-order valence-electron chi connectivity index (χ4n) is 2.93. The van der Waals surface area contributed by atoms with Crippen LogP contribution in [0.2, 0.25) is 0 Å². The number of hydrogen-bond acceptors (Lipinski definition) is 4. The van der Waals surface area contributed by atoms with Gasteiger partial charge in [0.1, 0.15) is 0 Å². The van der Waals surface area contributed by atoms with Crippen LogP contribution in [-0.2, 0) is 6.42 Å². The van der Waals surface area contributed by atoms with E-state index in [4.69, 9.17) is 4.98 Å². The van der Waals surface area contributed by atoms with E-state index in [1.165, 1.54) is 35.0 Å². The molecule has 3 nitrogen and oxygen atoms in total. The summed E-state index contributed by atoms with van der Waals surface area (Å²) in [7, 11) is 2.05. The Morgan fingerprint density at radius 3 is 2.45 bits per heavy atom. The van der Waals surface area contributed by atoms with Crippen molar-refractivity contribution in [2.45, 2.75) is 53.0 Å². The van der Waals surface area contributed by atoms with E-state index in [-0.39, 0.29) is 0 Å². The summed E-state index contributed by atoms with van der Waals surface area (Å²) in [6.07, 6.45) is 3.72. The van der Waals surface area contributed by atoms with Gasteiger partial charge >= 0.3 is 0 Å². The van der Waals surface area contributed by atoms with E-state index in [1.54, 1.807) is 0 Å². The topological polar surface area (TPSA) is 28.2 Å². The second-order valence-electron chi connectivity index (χ2n) is 6.73. The summed E-state index contributed by atoms with van der Waals surface area (Å²) in [5, 5.41) is 4.66. The molecule has 0 fully saturated rings. The Balaban J connectivity index is 2.23. The Morgan fingerprint density at radius 1 is 1.25 bits per heavy atom. The molecule has 20 heavy (non-hydrogen) atoms. The molecule has 0 spiro atoms. The van der Waals surface area contributed by atoms with E-state index >= 15 is 0 Å². The first kappa shape index (κ1) is 15.8. The van der Waals surface area contributed by atoms with E-state index in [2.05, 4.69) is 45.0 Å². The maximum atomic E-state index is 4.99. The molecule has 1 unspecified atom stereocenters. The SMILES string of the molecule is CNC1CCCc2sc(N(CC(C)C)CC(C)C)nc21. The first-order valence-corrected chi connectivity index (χ1v) is 8.74. The standard InChI is InChI=1S/C16H29N3S/c1-11(2)9-19(10-12(3)4)16-18-15-13(17-5)7-6-8-14(15)20-16/h11-13,17H,6-10H2,1-5H3. The van der Waals surface area contributed by atoms with E-state index in [9.17, 15) is 0 Å². The Labute approximate surface area is 127 Å². The molecule has 0 bridgehead atoms. The van der Waals surface area contributed by atoms with Crippen molar-refractivity contribution >= 4 is 16.5 Å². The van der Waals surface area contributed by atoms with Crippen LogP contribution in [-0.4, -0.2) is 25.1 Å². The smallest absolute Gasteiger partial charge is 0.185 e. The molecule has 0 aromatic carbocycles. The third-order valence-electron chi connectivity index (χ3n) is 3.73. The van der Waals surface area contributed by atoms with E-state index in [0.717, 1.165) is 13.1 Å². The van der Waals surface area contributed by atoms with E-state index in [0.29, 0.717) is 17.9 Å². The van der Waals surface area contributed by atoms with Gasteiger partial charge in [0.05, 0.1) is 11.7 Å². The maximum Gasteiger partial charge on any atom is 0.185 e. The van der Waals surface area contributed by atoms with Crippen LogP contribution >= 0.6 is 11.3 Å². The zero-order chi connectivity index (χ0) is 14.7. The first-order chi connectivity index (χ1) is 9.51. The fourth-order valence-corrected chi connectivity index (χ4v) is 4.12. The van der Waals surface area contributed by atoms with Crippen molar-refractivity contribution in [3.63, 3.8) is 0 Å². The van der Waals surface area contributed by atoms with Crippen molar-refractivity contribution in [2.24, 2.45) is 11.8 Å². The highest BCUT2D eigenvalue weighted by atomic mass is 32.1. The number of rotatable bonds is 6. The number of anilines is 1. The summed E-state index contributed by atoms with van der Waals surface area (Å²) in [6.45, 7) is 11.4.